The molecule has 0 saturated carbocycles. The van der Waals surface area contributed by atoms with Crippen LogP contribution in [0.4, 0.5) is 5.69 Å². The summed E-state index contributed by atoms with van der Waals surface area (Å²) in [6, 6.07) is 27.3. The van der Waals surface area contributed by atoms with Crippen LogP contribution in [0.3, 0.4) is 0 Å². The van der Waals surface area contributed by atoms with Crippen molar-refractivity contribution in [2.24, 2.45) is 5.10 Å². The molecule has 1 aliphatic rings. The van der Waals surface area contributed by atoms with Crippen molar-refractivity contribution in [3.63, 3.8) is 0 Å². The summed E-state index contributed by atoms with van der Waals surface area (Å²) in [5.74, 6) is 0.667. The average molecular weight is 463 g/mol. The quantitative estimate of drug-likeness (QED) is 0.310. The van der Waals surface area contributed by atoms with Gasteiger partial charge in [0, 0.05) is 17.3 Å². The third kappa shape index (κ3) is 4.64. The molecule has 35 heavy (non-hydrogen) atoms. The third-order valence-corrected chi connectivity index (χ3v) is 5.73. The number of hydrazone groups is 1. The number of ether oxygens (including phenoxy) is 1. The molecule has 6 heteroatoms. The van der Waals surface area contributed by atoms with Crippen LogP contribution in [0, 0.1) is 0 Å². The predicted octanol–water partition coefficient (Wildman–Crippen LogP) is 6.13. The van der Waals surface area contributed by atoms with Crippen molar-refractivity contribution in [2.45, 2.75) is 20.3 Å². The first-order chi connectivity index (χ1) is 17.1. The predicted molar refractivity (Wildman–Crippen MR) is 140 cm³/mol. The van der Waals surface area contributed by atoms with E-state index in [1.807, 2.05) is 109 Å². The number of nitrogens with zero attached hydrogens (tertiary/aromatic N) is 4. The Balaban J connectivity index is 1.55. The molecule has 0 atom stereocenters. The van der Waals surface area contributed by atoms with E-state index in [4.69, 9.17) is 9.84 Å². The van der Waals surface area contributed by atoms with Gasteiger partial charge in [0.15, 0.2) is 0 Å². The van der Waals surface area contributed by atoms with E-state index in [2.05, 4.69) is 12.0 Å². The van der Waals surface area contributed by atoms with E-state index in [1.165, 1.54) is 5.01 Å². The molecule has 2 heterocycles. The van der Waals surface area contributed by atoms with Crippen molar-refractivity contribution in [2.75, 3.05) is 11.6 Å². The molecule has 5 rings (SSSR count). The second-order valence-electron chi connectivity index (χ2n) is 8.28. The molecule has 0 spiro atoms. The zero-order valence-corrected chi connectivity index (χ0v) is 19.8. The Labute approximate surface area is 204 Å². The SMILES string of the molecule is CCCOc1ccc(-c2nn(-c3ccccc3)cc2/C=C2\C(=O)N(c3ccccc3)N=C2C)cc1. The summed E-state index contributed by atoms with van der Waals surface area (Å²) in [5.41, 5.74) is 5.45. The molecule has 1 aromatic heterocycles. The summed E-state index contributed by atoms with van der Waals surface area (Å²) in [6.07, 6.45) is 4.79. The third-order valence-electron chi connectivity index (χ3n) is 5.73. The Morgan fingerprint density at radius 3 is 2.20 bits per heavy atom. The molecular weight excluding hydrogens is 436 g/mol. The van der Waals surface area contributed by atoms with Crippen molar-refractivity contribution in [3.8, 4) is 22.7 Å². The van der Waals surface area contributed by atoms with E-state index in [9.17, 15) is 4.79 Å². The second kappa shape index (κ2) is 9.81. The number of hydrogen-bond acceptors (Lipinski definition) is 4. The van der Waals surface area contributed by atoms with Gasteiger partial charge in [-0.05, 0) is 68.0 Å². The van der Waals surface area contributed by atoms with Crippen LogP contribution in [0.15, 0.2) is 102 Å². The largest absolute Gasteiger partial charge is 0.494 e. The molecule has 174 valence electrons. The maximum Gasteiger partial charge on any atom is 0.280 e. The van der Waals surface area contributed by atoms with Crippen molar-refractivity contribution in [1.82, 2.24) is 9.78 Å². The highest BCUT2D eigenvalue weighted by Gasteiger charge is 2.29. The molecule has 3 aromatic carbocycles. The number of hydrogen-bond donors (Lipinski definition) is 0. The van der Waals surface area contributed by atoms with Crippen LogP contribution in [0.5, 0.6) is 5.75 Å². The number of carbonyl (C=O) groups is 1. The van der Waals surface area contributed by atoms with Crippen LogP contribution < -0.4 is 9.75 Å². The molecule has 1 aliphatic heterocycles. The fourth-order valence-corrected chi connectivity index (χ4v) is 3.94. The highest BCUT2D eigenvalue weighted by molar-refractivity contribution is 6.32. The topological polar surface area (TPSA) is 59.7 Å². The molecule has 0 N–H and O–H groups in total. The van der Waals surface area contributed by atoms with Gasteiger partial charge in [-0.1, -0.05) is 43.3 Å². The van der Waals surface area contributed by atoms with Crippen LogP contribution in [0.25, 0.3) is 23.0 Å². The Morgan fingerprint density at radius 2 is 1.54 bits per heavy atom. The van der Waals surface area contributed by atoms with Crippen molar-refractivity contribution in [1.29, 1.82) is 0 Å². The first-order valence-corrected chi connectivity index (χ1v) is 11.7. The lowest BCUT2D eigenvalue weighted by Gasteiger charge is -2.11. The Hall–Kier alpha value is -4.45. The fraction of sp³-hybridized carbons (Fsp3) is 0.138. The molecule has 0 bridgehead atoms. The van der Waals surface area contributed by atoms with Gasteiger partial charge < -0.3 is 4.74 Å². The van der Waals surface area contributed by atoms with Gasteiger partial charge in [-0.15, -0.1) is 0 Å². The molecule has 6 nitrogen and oxygen atoms in total. The Bertz CT molecular complexity index is 1390. The molecule has 1 amide bonds. The van der Waals surface area contributed by atoms with Crippen LogP contribution >= 0.6 is 0 Å². The van der Waals surface area contributed by atoms with Crippen molar-refractivity contribution in [3.05, 3.63) is 102 Å². The number of amides is 1. The fourth-order valence-electron chi connectivity index (χ4n) is 3.94. The summed E-state index contributed by atoms with van der Waals surface area (Å²) >= 11 is 0. The van der Waals surface area contributed by atoms with Gasteiger partial charge in [0.1, 0.15) is 5.75 Å². The number of aromatic nitrogens is 2. The normalized spacial score (nSPS) is 14.5. The molecule has 0 fully saturated rings. The Kier molecular flexibility index (Phi) is 6.26. The van der Waals surface area contributed by atoms with E-state index in [0.717, 1.165) is 40.4 Å². The molecule has 0 aliphatic carbocycles. The summed E-state index contributed by atoms with van der Waals surface area (Å²) in [4.78, 5) is 13.3. The van der Waals surface area contributed by atoms with Gasteiger partial charge in [-0.3, -0.25) is 4.79 Å². The van der Waals surface area contributed by atoms with Crippen LogP contribution in [-0.4, -0.2) is 28.0 Å². The van der Waals surface area contributed by atoms with Gasteiger partial charge in [-0.2, -0.15) is 15.2 Å². The molecule has 0 saturated heterocycles. The molecule has 0 radical (unpaired) electrons. The molecule has 4 aromatic rings. The minimum Gasteiger partial charge on any atom is -0.494 e. The first-order valence-electron chi connectivity index (χ1n) is 11.7. The number of carbonyl (C=O) groups excluding carboxylic acids is 1. The summed E-state index contributed by atoms with van der Waals surface area (Å²) in [5, 5.41) is 10.8. The van der Waals surface area contributed by atoms with Gasteiger partial charge in [0.05, 0.1) is 35.0 Å². The average Bonchev–Trinajstić information content (AvgIpc) is 3.45. The second-order valence-corrected chi connectivity index (χ2v) is 8.28. The number of para-hydroxylation sites is 2. The lowest BCUT2D eigenvalue weighted by atomic mass is 10.0. The van der Waals surface area contributed by atoms with Crippen LogP contribution in [-0.2, 0) is 4.79 Å². The van der Waals surface area contributed by atoms with Gasteiger partial charge in [-0.25, -0.2) is 4.68 Å². The van der Waals surface area contributed by atoms with E-state index >= 15 is 0 Å². The number of rotatable bonds is 7. The first kappa shape index (κ1) is 22.3. The highest BCUT2D eigenvalue weighted by atomic mass is 16.5. The van der Waals surface area contributed by atoms with Gasteiger partial charge in [0.25, 0.3) is 5.91 Å². The van der Waals surface area contributed by atoms with E-state index < -0.39 is 0 Å². The maximum atomic E-state index is 13.3. The van der Waals surface area contributed by atoms with Crippen LogP contribution in [0.1, 0.15) is 25.8 Å². The smallest absolute Gasteiger partial charge is 0.280 e. The minimum absolute atomic E-state index is 0.157. The molecule has 0 unspecified atom stereocenters. The molecular formula is C29H26N4O2. The summed E-state index contributed by atoms with van der Waals surface area (Å²) in [7, 11) is 0. The van der Waals surface area contributed by atoms with Gasteiger partial charge in [0.2, 0.25) is 0 Å². The lowest BCUT2D eigenvalue weighted by molar-refractivity contribution is -0.114. The van der Waals surface area contributed by atoms with E-state index in [0.29, 0.717) is 17.9 Å². The standard InChI is InChI=1S/C29H26N4O2/c1-3-18-35-26-16-14-22(15-17-26)28-23(20-32(31-28)24-10-6-4-7-11-24)19-27-21(2)30-33(29(27)34)25-12-8-5-9-13-25/h4-17,19-20H,3,18H2,1-2H3/b27-19-. The highest BCUT2D eigenvalue weighted by Crippen LogP contribution is 2.30. The number of benzene rings is 3. The monoisotopic (exact) mass is 462 g/mol. The lowest BCUT2D eigenvalue weighted by Crippen LogP contribution is -2.21. The van der Waals surface area contributed by atoms with Crippen molar-refractivity contribution >= 4 is 23.4 Å². The number of anilines is 1. The van der Waals surface area contributed by atoms with E-state index in [-0.39, 0.29) is 5.91 Å². The minimum atomic E-state index is -0.157. The van der Waals surface area contributed by atoms with Crippen LogP contribution in [0.2, 0.25) is 0 Å². The zero-order valence-electron chi connectivity index (χ0n) is 19.8. The maximum absolute atomic E-state index is 13.3. The summed E-state index contributed by atoms with van der Waals surface area (Å²) < 4.78 is 7.57. The zero-order chi connectivity index (χ0) is 24.2. The Morgan fingerprint density at radius 1 is 0.886 bits per heavy atom. The van der Waals surface area contributed by atoms with E-state index in [1.54, 1.807) is 0 Å². The summed E-state index contributed by atoms with van der Waals surface area (Å²) in [6.45, 7) is 4.62. The van der Waals surface area contributed by atoms with Gasteiger partial charge >= 0.3 is 0 Å². The van der Waals surface area contributed by atoms with Crippen molar-refractivity contribution < 1.29 is 9.53 Å².